The summed E-state index contributed by atoms with van der Waals surface area (Å²) >= 11 is 1.52. The molecular formula is C13H20N4O2S2. The fourth-order valence-corrected chi connectivity index (χ4v) is 3.91. The Hall–Kier alpha value is -1.22. The predicted octanol–water partition coefficient (Wildman–Crippen LogP) is 1.51. The van der Waals surface area contributed by atoms with Gasteiger partial charge in [-0.1, -0.05) is 6.92 Å². The van der Waals surface area contributed by atoms with Crippen LogP contribution in [-0.2, 0) is 23.1 Å². The summed E-state index contributed by atoms with van der Waals surface area (Å²) in [5.74, 6) is 0.0435. The van der Waals surface area contributed by atoms with E-state index in [1.807, 2.05) is 23.8 Å². The molecule has 0 aliphatic rings. The summed E-state index contributed by atoms with van der Waals surface area (Å²) in [7, 11) is -3.52. The van der Waals surface area contributed by atoms with Gasteiger partial charge in [0.25, 0.3) is 0 Å². The Balaban J connectivity index is 2.09. The van der Waals surface area contributed by atoms with Crippen LogP contribution in [0.1, 0.15) is 30.5 Å². The van der Waals surface area contributed by atoms with Crippen molar-refractivity contribution in [3.05, 3.63) is 34.5 Å². The largest absolute Gasteiger partial charge is 0.349 e. The van der Waals surface area contributed by atoms with Crippen LogP contribution in [0.15, 0.2) is 28.7 Å². The van der Waals surface area contributed by atoms with Gasteiger partial charge in [0, 0.05) is 49.0 Å². The van der Waals surface area contributed by atoms with Crippen LogP contribution in [0, 0.1) is 0 Å². The van der Waals surface area contributed by atoms with Crippen molar-refractivity contribution in [2.24, 2.45) is 5.73 Å². The first-order valence-corrected chi connectivity index (χ1v) is 9.12. The third-order valence-corrected chi connectivity index (χ3v) is 5.67. The first-order valence-electron chi connectivity index (χ1n) is 6.76. The summed E-state index contributed by atoms with van der Waals surface area (Å²) in [6, 6.07) is 1.62. The van der Waals surface area contributed by atoms with Crippen molar-refractivity contribution in [2.45, 2.75) is 37.8 Å². The highest BCUT2D eigenvalue weighted by molar-refractivity contribution is 7.89. The number of nitrogens with one attached hydrogen (secondary N) is 1. The van der Waals surface area contributed by atoms with Crippen LogP contribution >= 0.6 is 11.3 Å². The van der Waals surface area contributed by atoms with Gasteiger partial charge in [0.1, 0.15) is 0 Å². The summed E-state index contributed by atoms with van der Waals surface area (Å²) < 4.78 is 29.1. The molecule has 2 aromatic rings. The van der Waals surface area contributed by atoms with Gasteiger partial charge in [-0.05, 0) is 13.0 Å². The van der Waals surface area contributed by atoms with E-state index in [1.54, 1.807) is 18.5 Å². The molecule has 0 fully saturated rings. The fraction of sp³-hybridized carbons (Fsp3) is 0.462. The Morgan fingerprint density at radius 1 is 1.52 bits per heavy atom. The number of nitrogens with zero attached hydrogens (tertiary/aromatic N) is 2. The van der Waals surface area contributed by atoms with E-state index >= 15 is 0 Å². The molecule has 0 saturated carbocycles. The summed E-state index contributed by atoms with van der Waals surface area (Å²) in [4.78, 5) is 4.46. The molecule has 2 aromatic heterocycles. The van der Waals surface area contributed by atoms with Gasteiger partial charge in [0.05, 0.1) is 9.90 Å². The second kappa shape index (κ2) is 6.69. The molecule has 0 saturated heterocycles. The Morgan fingerprint density at radius 3 is 2.81 bits per heavy atom. The van der Waals surface area contributed by atoms with Crippen molar-refractivity contribution in [2.75, 3.05) is 6.54 Å². The molecular weight excluding hydrogens is 308 g/mol. The summed E-state index contributed by atoms with van der Waals surface area (Å²) in [6.45, 7) is 5.24. The zero-order valence-corrected chi connectivity index (χ0v) is 13.7. The van der Waals surface area contributed by atoms with E-state index < -0.39 is 10.0 Å². The van der Waals surface area contributed by atoms with E-state index in [2.05, 4.69) is 9.71 Å². The van der Waals surface area contributed by atoms with Gasteiger partial charge in [0.2, 0.25) is 10.0 Å². The number of thiazole rings is 1. The summed E-state index contributed by atoms with van der Waals surface area (Å²) in [6.07, 6.45) is 3.35. The molecule has 0 spiro atoms. The molecule has 116 valence electrons. The van der Waals surface area contributed by atoms with Crippen molar-refractivity contribution in [1.82, 2.24) is 14.3 Å². The number of hydrogen-bond acceptors (Lipinski definition) is 5. The van der Waals surface area contributed by atoms with E-state index in [9.17, 15) is 8.42 Å². The van der Waals surface area contributed by atoms with E-state index in [-0.39, 0.29) is 10.8 Å². The van der Waals surface area contributed by atoms with Gasteiger partial charge in [-0.2, -0.15) is 0 Å². The molecule has 1 unspecified atom stereocenters. The average Bonchev–Trinajstić information content (AvgIpc) is 3.13. The van der Waals surface area contributed by atoms with Crippen LogP contribution < -0.4 is 10.5 Å². The highest BCUT2D eigenvalue weighted by Gasteiger charge is 2.19. The summed E-state index contributed by atoms with van der Waals surface area (Å²) in [5, 5.41) is 2.81. The van der Waals surface area contributed by atoms with E-state index in [0.717, 1.165) is 10.7 Å². The second-order valence-electron chi connectivity index (χ2n) is 4.78. The lowest BCUT2D eigenvalue weighted by molar-refractivity contribution is 0.574. The molecule has 0 bridgehead atoms. The SMILES string of the molecule is CCn1cc(S(=O)(=O)NCC(C)c2nccs2)cc1CN. The molecule has 2 heterocycles. The molecule has 0 radical (unpaired) electrons. The van der Waals surface area contributed by atoms with Crippen LogP contribution in [-0.4, -0.2) is 24.5 Å². The number of nitrogens with two attached hydrogens (primary N) is 1. The van der Waals surface area contributed by atoms with Crippen molar-refractivity contribution >= 4 is 21.4 Å². The Morgan fingerprint density at radius 2 is 2.29 bits per heavy atom. The molecule has 3 N–H and O–H groups in total. The topological polar surface area (TPSA) is 90.0 Å². The molecule has 0 aromatic carbocycles. The van der Waals surface area contributed by atoms with Gasteiger partial charge in [0.15, 0.2) is 0 Å². The zero-order chi connectivity index (χ0) is 15.5. The lowest BCUT2D eigenvalue weighted by Crippen LogP contribution is -2.27. The third kappa shape index (κ3) is 3.70. The smallest absolute Gasteiger partial charge is 0.242 e. The predicted molar refractivity (Wildman–Crippen MR) is 83.7 cm³/mol. The molecule has 0 aliphatic heterocycles. The van der Waals surface area contributed by atoms with E-state index in [4.69, 9.17) is 5.73 Å². The molecule has 0 amide bonds. The van der Waals surface area contributed by atoms with Crippen LogP contribution in [0.4, 0.5) is 0 Å². The maximum absolute atomic E-state index is 12.3. The first kappa shape index (κ1) is 16.2. The van der Waals surface area contributed by atoms with Crippen molar-refractivity contribution in [1.29, 1.82) is 0 Å². The fourth-order valence-electron chi connectivity index (χ4n) is 2.02. The minimum Gasteiger partial charge on any atom is -0.349 e. The van der Waals surface area contributed by atoms with Crippen LogP contribution in [0.3, 0.4) is 0 Å². The molecule has 0 aliphatic carbocycles. The standard InChI is InChI=1S/C13H20N4O2S2/c1-3-17-9-12(6-11(17)7-14)21(18,19)16-8-10(2)13-15-4-5-20-13/h4-6,9-10,16H,3,7-8,14H2,1-2H3. The monoisotopic (exact) mass is 328 g/mol. The third-order valence-electron chi connectivity index (χ3n) is 3.27. The van der Waals surface area contributed by atoms with Gasteiger partial charge < -0.3 is 10.3 Å². The number of aromatic nitrogens is 2. The maximum atomic E-state index is 12.3. The van der Waals surface area contributed by atoms with Crippen LogP contribution in [0.5, 0.6) is 0 Å². The van der Waals surface area contributed by atoms with Crippen LogP contribution in [0.2, 0.25) is 0 Å². The Labute approximate surface area is 129 Å². The zero-order valence-electron chi connectivity index (χ0n) is 12.1. The van der Waals surface area contributed by atoms with E-state index in [0.29, 0.717) is 19.6 Å². The normalized spacial score (nSPS) is 13.5. The molecule has 1 atom stereocenters. The number of aryl methyl sites for hydroxylation is 1. The average molecular weight is 328 g/mol. The molecule has 2 rings (SSSR count). The minimum atomic E-state index is -3.52. The number of sulfonamides is 1. The van der Waals surface area contributed by atoms with Crippen LogP contribution in [0.25, 0.3) is 0 Å². The van der Waals surface area contributed by atoms with Crippen molar-refractivity contribution in [3.63, 3.8) is 0 Å². The maximum Gasteiger partial charge on any atom is 0.242 e. The highest BCUT2D eigenvalue weighted by Crippen LogP contribution is 2.18. The van der Waals surface area contributed by atoms with E-state index in [1.165, 1.54) is 11.3 Å². The minimum absolute atomic E-state index is 0.0435. The molecule has 8 heteroatoms. The second-order valence-corrected chi connectivity index (χ2v) is 7.47. The molecule has 21 heavy (non-hydrogen) atoms. The van der Waals surface area contributed by atoms with Gasteiger partial charge in [-0.3, -0.25) is 0 Å². The quantitative estimate of drug-likeness (QED) is 0.806. The number of rotatable bonds is 7. The van der Waals surface area contributed by atoms with Crippen molar-refractivity contribution < 1.29 is 8.42 Å². The number of hydrogen-bond donors (Lipinski definition) is 2. The lowest BCUT2D eigenvalue weighted by Gasteiger charge is -2.09. The van der Waals surface area contributed by atoms with Crippen molar-refractivity contribution in [3.8, 4) is 0 Å². The summed E-state index contributed by atoms with van der Waals surface area (Å²) in [5.41, 5.74) is 6.44. The Kier molecular flexibility index (Phi) is 5.15. The highest BCUT2D eigenvalue weighted by atomic mass is 32.2. The lowest BCUT2D eigenvalue weighted by atomic mass is 10.2. The van der Waals surface area contributed by atoms with Gasteiger partial charge in [-0.15, -0.1) is 11.3 Å². The first-order chi connectivity index (χ1) is 9.97. The Bertz CT molecular complexity index is 656. The molecule has 6 nitrogen and oxygen atoms in total. The van der Waals surface area contributed by atoms with Gasteiger partial charge >= 0.3 is 0 Å². The van der Waals surface area contributed by atoms with Gasteiger partial charge in [-0.25, -0.2) is 18.1 Å².